The van der Waals surface area contributed by atoms with Gasteiger partial charge in [-0.3, -0.25) is 18.7 Å². The maximum absolute atomic E-state index is 12.7. The number of rotatable bonds is 9. The first-order valence-corrected chi connectivity index (χ1v) is 10.3. The first-order chi connectivity index (χ1) is 16.0. The van der Waals surface area contributed by atoms with Crippen LogP contribution in [0.2, 0.25) is 0 Å². The van der Waals surface area contributed by atoms with Crippen LogP contribution >= 0.6 is 0 Å². The quantitative estimate of drug-likeness (QED) is 0.479. The van der Waals surface area contributed by atoms with Gasteiger partial charge in [0.1, 0.15) is 25.0 Å². The van der Waals surface area contributed by atoms with E-state index in [-0.39, 0.29) is 26.5 Å². The van der Waals surface area contributed by atoms with E-state index in [0.29, 0.717) is 17.2 Å². The summed E-state index contributed by atoms with van der Waals surface area (Å²) in [6.45, 7) is -0.214. The van der Waals surface area contributed by atoms with Gasteiger partial charge in [-0.25, -0.2) is 4.79 Å². The number of hydrogen-bond acceptors (Lipinski definition) is 7. The molecule has 1 aliphatic heterocycles. The van der Waals surface area contributed by atoms with E-state index >= 15 is 0 Å². The predicted molar refractivity (Wildman–Crippen MR) is 118 cm³/mol. The van der Waals surface area contributed by atoms with Gasteiger partial charge in [-0.15, -0.1) is 0 Å². The molecule has 1 amide bonds. The van der Waals surface area contributed by atoms with E-state index in [1.807, 2.05) is 30.3 Å². The van der Waals surface area contributed by atoms with Crippen LogP contribution in [0.4, 0.5) is 0 Å². The van der Waals surface area contributed by atoms with E-state index in [4.69, 9.17) is 14.2 Å². The fourth-order valence-corrected chi connectivity index (χ4v) is 3.25. The molecule has 0 bridgehead atoms. The number of hydrogen-bond donors (Lipinski definition) is 2. The molecule has 0 fully saturated rings. The summed E-state index contributed by atoms with van der Waals surface area (Å²) >= 11 is 0. The number of carbonyl (C=O) groups is 1. The molecule has 1 atom stereocenters. The zero-order chi connectivity index (χ0) is 23.2. The number of benzene rings is 2. The second-order valence-corrected chi connectivity index (χ2v) is 7.42. The van der Waals surface area contributed by atoms with Gasteiger partial charge in [-0.2, -0.15) is 0 Å². The topological polar surface area (TPSA) is 121 Å². The van der Waals surface area contributed by atoms with Gasteiger partial charge >= 0.3 is 5.69 Å². The minimum Gasteiger partial charge on any atom is -0.491 e. The molecule has 0 aliphatic carbocycles. The van der Waals surface area contributed by atoms with E-state index in [1.54, 1.807) is 18.2 Å². The van der Waals surface area contributed by atoms with Gasteiger partial charge < -0.3 is 24.6 Å². The monoisotopic (exact) mass is 453 g/mol. The summed E-state index contributed by atoms with van der Waals surface area (Å²) < 4.78 is 18.2. The third-order valence-corrected chi connectivity index (χ3v) is 4.96. The Kier molecular flexibility index (Phi) is 6.75. The molecule has 0 radical (unpaired) electrons. The standard InChI is InChI=1S/C23H23N3O7/c27-17(14-31-18-6-7-19-20(10-18)33-15-32-19)11-24-21(28)13-26-22(29)8-9-25(23(26)30)12-16-4-2-1-3-5-16/h1-10,17,27H,11-15H2,(H,24,28). The third kappa shape index (κ3) is 5.60. The maximum atomic E-state index is 12.7. The van der Waals surface area contributed by atoms with Gasteiger partial charge in [-0.1, -0.05) is 30.3 Å². The first-order valence-electron chi connectivity index (χ1n) is 10.3. The molecule has 2 heterocycles. The minimum atomic E-state index is -0.999. The van der Waals surface area contributed by atoms with Crippen molar-refractivity contribution >= 4 is 5.91 Å². The number of aromatic nitrogens is 2. The van der Waals surface area contributed by atoms with E-state index < -0.39 is 29.8 Å². The molecule has 1 aliphatic rings. The smallest absolute Gasteiger partial charge is 0.331 e. The second-order valence-electron chi connectivity index (χ2n) is 7.42. The van der Waals surface area contributed by atoms with Crippen molar-refractivity contribution in [2.75, 3.05) is 19.9 Å². The SMILES string of the molecule is O=C(Cn1c(=O)ccn(Cc2ccccc2)c1=O)NCC(O)COc1ccc2c(c1)OCO2. The summed E-state index contributed by atoms with van der Waals surface area (Å²) in [6.07, 6.45) is 0.408. The number of fused-ring (bicyclic) bond motifs is 1. The second kappa shape index (κ2) is 10.0. The molecule has 0 saturated heterocycles. The highest BCUT2D eigenvalue weighted by Crippen LogP contribution is 2.35. The van der Waals surface area contributed by atoms with Gasteiger partial charge in [0.05, 0.1) is 6.54 Å². The van der Waals surface area contributed by atoms with Crippen LogP contribution in [0.15, 0.2) is 70.4 Å². The van der Waals surface area contributed by atoms with Gasteiger partial charge in [-0.05, 0) is 17.7 Å². The van der Waals surface area contributed by atoms with E-state index in [0.717, 1.165) is 10.1 Å². The molecule has 10 heteroatoms. The molecule has 4 rings (SSSR count). The van der Waals surface area contributed by atoms with Gasteiger partial charge in [0.15, 0.2) is 11.5 Å². The molecule has 3 aromatic rings. The van der Waals surface area contributed by atoms with Crippen molar-refractivity contribution in [3.8, 4) is 17.2 Å². The number of nitrogens with zero attached hydrogens (tertiary/aromatic N) is 2. The summed E-state index contributed by atoms with van der Waals surface area (Å²) in [5.74, 6) is 1.09. The molecule has 0 saturated carbocycles. The van der Waals surface area contributed by atoms with Gasteiger partial charge in [0.2, 0.25) is 12.7 Å². The summed E-state index contributed by atoms with van der Waals surface area (Å²) in [5, 5.41) is 12.6. The Bertz CT molecular complexity index is 1240. The van der Waals surface area contributed by atoms with Crippen molar-refractivity contribution in [3.63, 3.8) is 0 Å². The molecule has 0 spiro atoms. The Morgan fingerprint density at radius 1 is 1.09 bits per heavy atom. The van der Waals surface area contributed by atoms with Crippen molar-refractivity contribution in [1.29, 1.82) is 0 Å². The Balaban J connectivity index is 1.29. The normalized spacial score (nSPS) is 12.9. The van der Waals surface area contributed by atoms with Crippen LogP contribution < -0.4 is 30.8 Å². The van der Waals surface area contributed by atoms with Crippen molar-refractivity contribution in [2.45, 2.75) is 19.2 Å². The van der Waals surface area contributed by atoms with E-state index in [9.17, 15) is 19.5 Å². The fraction of sp³-hybridized carbons (Fsp3) is 0.261. The Labute approximate surface area is 188 Å². The van der Waals surface area contributed by atoms with Crippen molar-refractivity contribution in [1.82, 2.24) is 14.5 Å². The fourth-order valence-electron chi connectivity index (χ4n) is 3.25. The van der Waals surface area contributed by atoms with E-state index in [2.05, 4.69) is 5.32 Å². The van der Waals surface area contributed by atoms with Crippen LogP contribution in [0, 0.1) is 0 Å². The Morgan fingerprint density at radius 3 is 2.70 bits per heavy atom. The molecule has 10 nitrogen and oxygen atoms in total. The molecule has 33 heavy (non-hydrogen) atoms. The number of aliphatic hydroxyl groups is 1. The van der Waals surface area contributed by atoms with Crippen molar-refractivity contribution < 1.29 is 24.1 Å². The summed E-state index contributed by atoms with van der Waals surface area (Å²) in [7, 11) is 0. The molecule has 172 valence electrons. The number of nitrogens with one attached hydrogen (secondary N) is 1. The molecule has 1 unspecified atom stereocenters. The molecular formula is C23H23N3O7. The summed E-state index contributed by atoms with van der Waals surface area (Å²) in [4.78, 5) is 37.1. The number of ether oxygens (including phenoxy) is 3. The van der Waals surface area contributed by atoms with Crippen molar-refractivity contribution in [2.24, 2.45) is 0 Å². The van der Waals surface area contributed by atoms with E-state index in [1.165, 1.54) is 16.8 Å². The lowest BCUT2D eigenvalue weighted by Crippen LogP contribution is -2.44. The minimum absolute atomic E-state index is 0.0743. The Morgan fingerprint density at radius 2 is 1.88 bits per heavy atom. The van der Waals surface area contributed by atoms with Crippen LogP contribution in [-0.2, 0) is 17.9 Å². The molecule has 2 N–H and O–H groups in total. The van der Waals surface area contributed by atoms with Crippen molar-refractivity contribution in [3.05, 3.63) is 87.2 Å². The maximum Gasteiger partial charge on any atom is 0.331 e. The number of amides is 1. The molecule has 2 aromatic carbocycles. The number of carbonyl (C=O) groups excluding carboxylic acids is 1. The molecular weight excluding hydrogens is 430 g/mol. The zero-order valence-electron chi connectivity index (χ0n) is 17.7. The third-order valence-electron chi connectivity index (χ3n) is 4.96. The number of aliphatic hydroxyl groups excluding tert-OH is 1. The highest BCUT2D eigenvalue weighted by Gasteiger charge is 2.15. The van der Waals surface area contributed by atoms with Crippen LogP contribution in [0.25, 0.3) is 0 Å². The van der Waals surface area contributed by atoms with Crippen LogP contribution in [-0.4, -0.2) is 46.2 Å². The predicted octanol–water partition coefficient (Wildman–Crippen LogP) is 0.343. The lowest BCUT2D eigenvalue weighted by molar-refractivity contribution is -0.122. The highest BCUT2D eigenvalue weighted by atomic mass is 16.7. The average Bonchev–Trinajstić information content (AvgIpc) is 3.29. The molecule has 1 aromatic heterocycles. The lowest BCUT2D eigenvalue weighted by atomic mass is 10.2. The zero-order valence-corrected chi connectivity index (χ0v) is 17.7. The first kappa shape index (κ1) is 22.2. The van der Waals surface area contributed by atoms with Gasteiger partial charge in [0, 0.05) is 24.9 Å². The summed E-state index contributed by atoms with van der Waals surface area (Å²) in [5.41, 5.74) is -0.279. The summed E-state index contributed by atoms with van der Waals surface area (Å²) in [6, 6.07) is 15.6. The Hall–Kier alpha value is -4.05. The lowest BCUT2D eigenvalue weighted by Gasteiger charge is -2.14. The van der Waals surface area contributed by atoms with Gasteiger partial charge in [0.25, 0.3) is 5.56 Å². The van der Waals surface area contributed by atoms with Crippen LogP contribution in [0.1, 0.15) is 5.56 Å². The van der Waals surface area contributed by atoms with Crippen LogP contribution in [0.3, 0.4) is 0 Å². The van der Waals surface area contributed by atoms with Crippen LogP contribution in [0.5, 0.6) is 17.2 Å². The highest BCUT2D eigenvalue weighted by molar-refractivity contribution is 5.75. The largest absolute Gasteiger partial charge is 0.491 e. The average molecular weight is 453 g/mol.